The smallest absolute Gasteiger partial charge is 0.152 e. The van der Waals surface area contributed by atoms with Crippen LogP contribution in [0.1, 0.15) is 31.7 Å². The highest BCUT2D eigenvalue weighted by atomic mass is 79.9. The van der Waals surface area contributed by atoms with Gasteiger partial charge in [-0.2, -0.15) is 0 Å². The zero-order valence-corrected chi connectivity index (χ0v) is 11.7. The standard InChI is InChI=1S/C14H18BrNO/c1-2-13(17)14(8-3-9-16-14)10-11-4-6-12(15)7-5-11/h4-7,16H,2-3,8-10H2,1H3/t14-/m0/s1. The van der Waals surface area contributed by atoms with Gasteiger partial charge in [0, 0.05) is 10.9 Å². The fourth-order valence-corrected chi connectivity index (χ4v) is 2.85. The molecule has 0 aliphatic carbocycles. The Morgan fingerprint density at radius 2 is 2.12 bits per heavy atom. The van der Waals surface area contributed by atoms with Crippen LogP contribution in [0, 0.1) is 0 Å². The molecule has 92 valence electrons. The van der Waals surface area contributed by atoms with E-state index >= 15 is 0 Å². The van der Waals surface area contributed by atoms with Crippen molar-refractivity contribution in [3.63, 3.8) is 0 Å². The van der Waals surface area contributed by atoms with Gasteiger partial charge in [0.2, 0.25) is 0 Å². The highest BCUT2D eigenvalue weighted by Gasteiger charge is 2.39. The molecular weight excluding hydrogens is 278 g/mol. The fraction of sp³-hybridized carbons (Fsp3) is 0.500. The maximum atomic E-state index is 12.1. The maximum Gasteiger partial charge on any atom is 0.152 e. The van der Waals surface area contributed by atoms with E-state index in [1.165, 1.54) is 5.56 Å². The minimum atomic E-state index is -0.303. The molecule has 1 atom stereocenters. The van der Waals surface area contributed by atoms with E-state index in [-0.39, 0.29) is 5.54 Å². The second kappa shape index (κ2) is 5.32. The molecule has 0 bridgehead atoms. The monoisotopic (exact) mass is 295 g/mol. The molecule has 2 nitrogen and oxygen atoms in total. The lowest BCUT2D eigenvalue weighted by molar-refractivity contribution is -0.124. The van der Waals surface area contributed by atoms with Crippen molar-refractivity contribution in [2.24, 2.45) is 0 Å². The predicted octanol–water partition coefficient (Wildman–Crippen LogP) is 3.09. The number of hydrogen-bond donors (Lipinski definition) is 1. The normalized spacial score (nSPS) is 23.9. The van der Waals surface area contributed by atoms with Gasteiger partial charge in [0.15, 0.2) is 5.78 Å². The van der Waals surface area contributed by atoms with E-state index in [9.17, 15) is 4.79 Å². The lowest BCUT2D eigenvalue weighted by Gasteiger charge is -2.27. The number of nitrogens with one attached hydrogen (secondary N) is 1. The number of carbonyl (C=O) groups excluding carboxylic acids is 1. The molecule has 0 amide bonds. The summed E-state index contributed by atoms with van der Waals surface area (Å²) in [4.78, 5) is 12.1. The first-order valence-corrected chi connectivity index (χ1v) is 6.98. The number of Topliss-reactive ketones (excluding diaryl/α,β-unsaturated/α-hetero) is 1. The Labute approximate surface area is 111 Å². The second-order valence-electron chi connectivity index (χ2n) is 4.69. The molecule has 1 saturated heterocycles. The molecule has 0 spiro atoms. The van der Waals surface area contributed by atoms with Crippen LogP contribution >= 0.6 is 15.9 Å². The van der Waals surface area contributed by atoms with Gasteiger partial charge in [0.25, 0.3) is 0 Å². The number of rotatable bonds is 4. The Balaban J connectivity index is 2.18. The molecule has 1 fully saturated rings. The molecule has 2 rings (SSSR count). The number of benzene rings is 1. The Hall–Kier alpha value is -0.670. The van der Waals surface area contributed by atoms with E-state index in [0.29, 0.717) is 12.2 Å². The first-order chi connectivity index (χ1) is 8.16. The summed E-state index contributed by atoms with van der Waals surface area (Å²) >= 11 is 3.43. The lowest BCUT2D eigenvalue weighted by atomic mass is 9.84. The van der Waals surface area contributed by atoms with Crippen LogP contribution < -0.4 is 5.32 Å². The van der Waals surface area contributed by atoms with Gasteiger partial charge in [-0.1, -0.05) is 35.0 Å². The molecule has 17 heavy (non-hydrogen) atoms. The molecule has 0 aromatic heterocycles. The molecule has 3 heteroatoms. The van der Waals surface area contributed by atoms with Crippen molar-refractivity contribution in [1.29, 1.82) is 0 Å². The summed E-state index contributed by atoms with van der Waals surface area (Å²) in [6, 6.07) is 8.26. The molecule has 1 N–H and O–H groups in total. The SMILES string of the molecule is CCC(=O)[C@@]1(Cc2ccc(Br)cc2)CCCN1. The summed E-state index contributed by atoms with van der Waals surface area (Å²) in [7, 11) is 0. The molecule has 1 aromatic carbocycles. The molecule has 0 unspecified atom stereocenters. The van der Waals surface area contributed by atoms with Crippen LogP contribution in [0.25, 0.3) is 0 Å². The van der Waals surface area contributed by atoms with Crippen LogP contribution in [0.3, 0.4) is 0 Å². The third-order valence-electron chi connectivity index (χ3n) is 3.52. The van der Waals surface area contributed by atoms with E-state index in [4.69, 9.17) is 0 Å². The van der Waals surface area contributed by atoms with Crippen molar-refractivity contribution in [1.82, 2.24) is 5.32 Å². The molecule has 1 aliphatic rings. The summed E-state index contributed by atoms with van der Waals surface area (Å²) in [6.07, 6.45) is 3.49. The van der Waals surface area contributed by atoms with Gasteiger partial charge in [-0.3, -0.25) is 4.79 Å². The van der Waals surface area contributed by atoms with Crippen molar-refractivity contribution in [2.75, 3.05) is 6.54 Å². The Morgan fingerprint density at radius 1 is 1.41 bits per heavy atom. The largest absolute Gasteiger partial charge is 0.305 e. The van der Waals surface area contributed by atoms with Crippen LogP contribution in [-0.4, -0.2) is 17.9 Å². The average Bonchev–Trinajstić information content (AvgIpc) is 2.81. The highest BCUT2D eigenvalue weighted by Crippen LogP contribution is 2.27. The lowest BCUT2D eigenvalue weighted by Crippen LogP contribution is -2.49. The quantitative estimate of drug-likeness (QED) is 0.925. The van der Waals surface area contributed by atoms with E-state index in [1.54, 1.807) is 0 Å². The Morgan fingerprint density at radius 3 is 2.65 bits per heavy atom. The van der Waals surface area contributed by atoms with Crippen LogP contribution in [0.5, 0.6) is 0 Å². The van der Waals surface area contributed by atoms with E-state index in [0.717, 1.165) is 30.3 Å². The zero-order valence-electron chi connectivity index (χ0n) is 10.1. The minimum Gasteiger partial charge on any atom is -0.305 e. The first-order valence-electron chi connectivity index (χ1n) is 6.19. The fourth-order valence-electron chi connectivity index (χ4n) is 2.58. The van der Waals surface area contributed by atoms with Gasteiger partial charge in [-0.25, -0.2) is 0 Å². The molecule has 1 heterocycles. The minimum absolute atomic E-state index is 0.303. The summed E-state index contributed by atoms with van der Waals surface area (Å²) < 4.78 is 1.08. The summed E-state index contributed by atoms with van der Waals surface area (Å²) in [5.74, 6) is 0.345. The molecule has 1 aromatic rings. The number of hydrogen-bond acceptors (Lipinski definition) is 2. The Bertz CT molecular complexity index is 393. The van der Waals surface area contributed by atoms with Crippen LogP contribution in [-0.2, 0) is 11.2 Å². The predicted molar refractivity (Wildman–Crippen MR) is 73.1 cm³/mol. The zero-order chi connectivity index (χ0) is 12.3. The molecule has 0 radical (unpaired) electrons. The van der Waals surface area contributed by atoms with E-state index in [2.05, 4.69) is 33.4 Å². The Kier molecular flexibility index (Phi) is 4.00. The molecular formula is C14H18BrNO. The summed E-state index contributed by atoms with van der Waals surface area (Å²) in [6.45, 7) is 2.91. The van der Waals surface area contributed by atoms with Crippen molar-refractivity contribution in [2.45, 2.75) is 38.1 Å². The van der Waals surface area contributed by atoms with Gasteiger partial charge in [0.1, 0.15) is 0 Å². The number of halogens is 1. The van der Waals surface area contributed by atoms with Crippen molar-refractivity contribution in [3.8, 4) is 0 Å². The van der Waals surface area contributed by atoms with Crippen molar-refractivity contribution in [3.05, 3.63) is 34.3 Å². The van der Waals surface area contributed by atoms with Crippen LogP contribution in [0.2, 0.25) is 0 Å². The number of carbonyl (C=O) groups is 1. The van der Waals surface area contributed by atoms with Gasteiger partial charge in [-0.15, -0.1) is 0 Å². The van der Waals surface area contributed by atoms with E-state index < -0.39 is 0 Å². The highest BCUT2D eigenvalue weighted by molar-refractivity contribution is 9.10. The third kappa shape index (κ3) is 2.78. The topological polar surface area (TPSA) is 29.1 Å². The second-order valence-corrected chi connectivity index (χ2v) is 5.61. The average molecular weight is 296 g/mol. The van der Waals surface area contributed by atoms with Gasteiger partial charge in [0.05, 0.1) is 5.54 Å². The third-order valence-corrected chi connectivity index (χ3v) is 4.05. The number of ketones is 1. The molecule has 1 aliphatic heterocycles. The van der Waals surface area contributed by atoms with Gasteiger partial charge in [-0.05, 0) is 43.5 Å². The van der Waals surface area contributed by atoms with Crippen LogP contribution in [0.15, 0.2) is 28.7 Å². The van der Waals surface area contributed by atoms with Gasteiger partial charge >= 0.3 is 0 Å². The van der Waals surface area contributed by atoms with Crippen molar-refractivity contribution < 1.29 is 4.79 Å². The summed E-state index contributed by atoms with van der Waals surface area (Å²) in [5, 5.41) is 3.42. The van der Waals surface area contributed by atoms with Crippen LogP contribution in [0.4, 0.5) is 0 Å². The maximum absolute atomic E-state index is 12.1. The molecule has 0 saturated carbocycles. The van der Waals surface area contributed by atoms with Gasteiger partial charge < -0.3 is 5.32 Å². The summed E-state index contributed by atoms with van der Waals surface area (Å²) in [5.41, 5.74) is 0.923. The van der Waals surface area contributed by atoms with E-state index in [1.807, 2.05) is 19.1 Å². The first kappa shape index (κ1) is 12.8. The van der Waals surface area contributed by atoms with Crippen molar-refractivity contribution >= 4 is 21.7 Å².